The first-order valence-electron chi connectivity index (χ1n) is 7.90. The van der Waals surface area contributed by atoms with Crippen molar-refractivity contribution in [3.8, 4) is 28.8 Å². The standard InChI is InChI=1S/C19H14N4O2S/c1-12-4-2-3-5-14(12)22-23-15(9-20)19-21-16(10-26-19)13-6-7-17-18(8-13)25-11-24-17/h2-8,10,22H,11H2,1H3/b23-15-. The fraction of sp³-hybridized carbons (Fsp3) is 0.105. The Balaban J connectivity index is 1.59. The lowest BCUT2D eigenvalue weighted by atomic mass is 10.1. The van der Waals surface area contributed by atoms with Gasteiger partial charge in [-0.25, -0.2) is 4.98 Å². The molecule has 0 saturated carbocycles. The van der Waals surface area contributed by atoms with Crippen LogP contribution in [0.1, 0.15) is 10.6 Å². The number of hydrazone groups is 1. The van der Waals surface area contributed by atoms with E-state index in [0.717, 1.165) is 28.3 Å². The van der Waals surface area contributed by atoms with Crippen LogP contribution >= 0.6 is 11.3 Å². The number of hydrogen-bond acceptors (Lipinski definition) is 7. The van der Waals surface area contributed by atoms with Crippen LogP contribution in [0.15, 0.2) is 52.9 Å². The van der Waals surface area contributed by atoms with Crippen LogP contribution in [0.5, 0.6) is 11.5 Å². The summed E-state index contributed by atoms with van der Waals surface area (Å²) in [6.45, 7) is 2.21. The number of para-hydroxylation sites is 1. The summed E-state index contributed by atoms with van der Waals surface area (Å²) in [6, 6.07) is 15.5. The van der Waals surface area contributed by atoms with Crippen molar-refractivity contribution in [2.45, 2.75) is 6.92 Å². The van der Waals surface area contributed by atoms with Crippen LogP contribution < -0.4 is 14.9 Å². The summed E-state index contributed by atoms with van der Waals surface area (Å²) >= 11 is 1.37. The van der Waals surface area contributed by atoms with Gasteiger partial charge >= 0.3 is 0 Å². The molecule has 2 heterocycles. The lowest BCUT2D eigenvalue weighted by Gasteiger charge is -2.03. The Bertz CT molecular complexity index is 1040. The van der Waals surface area contributed by atoms with Crippen molar-refractivity contribution in [1.82, 2.24) is 4.98 Å². The first-order valence-corrected chi connectivity index (χ1v) is 8.78. The zero-order valence-electron chi connectivity index (χ0n) is 13.9. The Hall–Kier alpha value is -3.37. The van der Waals surface area contributed by atoms with Crippen LogP contribution in [-0.2, 0) is 0 Å². The average Bonchev–Trinajstić information content (AvgIpc) is 3.32. The lowest BCUT2D eigenvalue weighted by Crippen LogP contribution is -2.02. The van der Waals surface area contributed by atoms with E-state index in [1.807, 2.05) is 54.8 Å². The summed E-state index contributed by atoms with van der Waals surface area (Å²) in [5.41, 5.74) is 6.76. The number of nitrogens with one attached hydrogen (secondary N) is 1. The molecule has 0 bridgehead atoms. The Labute approximate surface area is 154 Å². The zero-order chi connectivity index (χ0) is 17.9. The van der Waals surface area contributed by atoms with Gasteiger partial charge in [0, 0.05) is 10.9 Å². The van der Waals surface area contributed by atoms with Gasteiger partial charge < -0.3 is 9.47 Å². The highest BCUT2D eigenvalue weighted by molar-refractivity contribution is 7.12. The van der Waals surface area contributed by atoms with E-state index in [2.05, 4.69) is 21.6 Å². The SMILES string of the molecule is Cc1ccccc1N/N=C(/C#N)c1nc(-c2ccc3c(c2)OCO3)cs1. The normalized spacial score (nSPS) is 12.7. The summed E-state index contributed by atoms with van der Waals surface area (Å²) in [4.78, 5) is 4.54. The number of aryl methyl sites for hydroxylation is 1. The molecule has 0 atom stereocenters. The van der Waals surface area contributed by atoms with E-state index in [1.54, 1.807) is 0 Å². The van der Waals surface area contributed by atoms with Gasteiger partial charge in [-0.3, -0.25) is 5.43 Å². The maximum absolute atomic E-state index is 9.44. The first kappa shape index (κ1) is 16.1. The highest BCUT2D eigenvalue weighted by atomic mass is 32.1. The van der Waals surface area contributed by atoms with Crippen molar-refractivity contribution in [2.24, 2.45) is 5.10 Å². The quantitative estimate of drug-likeness (QED) is 0.556. The smallest absolute Gasteiger partial charge is 0.231 e. The molecule has 1 aliphatic heterocycles. The van der Waals surface area contributed by atoms with Gasteiger partial charge in [0.05, 0.1) is 11.4 Å². The number of nitrogens with zero attached hydrogens (tertiary/aromatic N) is 3. The van der Waals surface area contributed by atoms with Gasteiger partial charge in [0.15, 0.2) is 22.2 Å². The minimum Gasteiger partial charge on any atom is -0.454 e. The molecule has 0 fully saturated rings. The van der Waals surface area contributed by atoms with Gasteiger partial charge in [0.1, 0.15) is 6.07 Å². The van der Waals surface area contributed by atoms with Gasteiger partial charge in [0.2, 0.25) is 6.79 Å². The highest BCUT2D eigenvalue weighted by Gasteiger charge is 2.16. The second-order valence-electron chi connectivity index (χ2n) is 5.60. The third-order valence-electron chi connectivity index (χ3n) is 3.91. The Kier molecular flexibility index (Phi) is 4.25. The number of nitriles is 1. The van der Waals surface area contributed by atoms with E-state index in [9.17, 15) is 5.26 Å². The molecule has 7 heteroatoms. The molecule has 0 radical (unpaired) electrons. The molecule has 26 heavy (non-hydrogen) atoms. The minimum atomic E-state index is 0.233. The van der Waals surface area contributed by atoms with Crippen molar-refractivity contribution in [1.29, 1.82) is 5.26 Å². The maximum Gasteiger partial charge on any atom is 0.231 e. The van der Waals surface area contributed by atoms with Crippen molar-refractivity contribution >= 4 is 22.7 Å². The summed E-state index contributed by atoms with van der Waals surface area (Å²) < 4.78 is 10.7. The minimum absolute atomic E-state index is 0.233. The fourth-order valence-electron chi connectivity index (χ4n) is 2.51. The lowest BCUT2D eigenvalue weighted by molar-refractivity contribution is 0.174. The number of hydrogen-bond donors (Lipinski definition) is 1. The number of aromatic nitrogens is 1. The number of benzene rings is 2. The molecule has 0 saturated heterocycles. The van der Waals surface area contributed by atoms with Gasteiger partial charge in [0.25, 0.3) is 0 Å². The second kappa shape index (κ2) is 6.86. The van der Waals surface area contributed by atoms with E-state index >= 15 is 0 Å². The molecule has 6 nitrogen and oxygen atoms in total. The van der Waals surface area contributed by atoms with Gasteiger partial charge in [-0.1, -0.05) is 18.2 Å². The van der Waals surface area contributed by atoms with Crippen LogP contribution in [0.2, 0.25) is 0 Å². The molecular weight excluding hydrogens is 348 g/mol. The van der Waals surface area contributed by atoms with Gasteiger partial charge in [-0.2, -0.15) is 10.4 Å². The van der Waals surface area contributed by atoms with Crippen LogP contribution in [0.4, 0.5) is 5.69 Å². The Morgan fingerprint density at radius 1 is 1.23 bits per heavy atom. The van der Waals surface area contributed by atoms with Gasteiger partial charge in [-0.05, 0) is 36.8 Å². The summed E-state index contributed by atoms with van der Waals surface area (Å²) in [5, 5.41) is 16.1. The second-order valence-corrected chi connectivity index (χ2v) is 6.46. The van der Waals surface area contributed by atoms with Crippen LogP contribution in [0, 0.1) is 18.3 Å². The van der Waals surface area contributed by atoms with E-state index in [0.29, 0.717) is 10.8 Å². The molecular formula is C19H14N4O2S. The molecule has 128 valence electrons. The molecule has 0 spiro atoms. The molecule has 1 aromatic heterocycles. The van der Waals surface area contributed by atoms with Crippen molar-refractivity contribution in [2.75, 3.05) is 12.2 Å². The maximum atomic E-state index is 9.44. The van der Waals surface area contributed by atoms with Crippen molar-refractivity contribution < 1.29 is 9.47 Å². The van der Waals surface area contributed by atoms with E-state index in [-0.39, 0.29) is 12.5 Å². The molecule has 1 aliphatic rings. The highest BCUT2D eigenvalue weighted by Crippen LogP contribution is 2.36. The molecule has 4 rings (SSSR count). The average molecular weight is 362 g/mol. The predicted molar refractivity (Wildman–Crippen MR) is 101 cm³/mol. The molecule has 2 aromatic carbocycles. The number of rotatable bonds is 4. The fourth-order valence-corrected chi connectivity index (χ4v) is 3.27. The molecule has 3 aromatic rings. The number of ether oxygens (including phenoxy) is 2. The zero-order valence-corrected chi connectivity index (χ0v) is 14.7. The first-order chi connectivity index (χ1) is 12.7. The van der Waals surface area contributed by atoms with Crippen molar-refractivity contribution in [3.05, 3.63) is 58.4 Å². The largest absolute Gasteiger partial charge is 0.454 e. The third kappa shape index (κ3) is 3.10. The van der Waals surface area contributed by atoms with Crippen molar-refractivity contribution in [3.63, 3.8) is 0 Å². The van der Waals surface area contributed by atoms with Crippen LogP contribution in [0.25, 0.3) is 11.3 Å². The Morgan fingerprint density at radius 2 is 2.08 bits per heavy atom. The number of anilines is 1. The van der Waals surface area contributed by atoms with E-state index < -0.39 is 0 Å². The number of fused-ring (bicyclic) bond motifs is 1. The van der Waals surface area contributed by atoms with E-state index in [1.165, 1.54) is 11.3 Å². The van der Waals surface area contributed by atoms with Crippen LogP contribution in [-0.4, -0.2) is 17.5 Å². The molecule has 0 amide bonds. The molecule has 0 unspecified atom stereocenters. The monoisotopic (exact) mass is 362 g/mol. The Morgan fingerprint density at radius 3 is 2.92 bits per heavy atom. The molecule has 1 N–H and O–H groups in total. The topological polar surface area (TPSA) is 79.5 Å². The van der Waals surface area contributed by atoms with Crippen LogP contribution in [0.3, 0.4) is 0 Å². The van der Waals surface area contributed by atoms with E-state index in [4.69, 9.17) is 9.47 Å². The summed E-state index contributed by atoms with van der Waals surface area (Å²) in [6.07, 6.45) is 0. The summed E-state index contributed by atoms with van der Waals surface area (Å²) in [7, 11) is 0. The van der Waals surface area contributed by atoms with Gasteiger partial charge in [-0.15, -0.1) is 11.3 Å². The molecule has 0 aliphatic carbocycles. The third-order valence-corrected chi connectivity index (χ3v) is 4.76. The number of thiazole rings is 1. The predicted octanol–water partition coefficient (Wildman–Crippen LogP) is 4.19. The summed E-state index contributed by atoms with van der Waals surface area (Å²) in [5.74, 6) is 1.43.